The molecular weight excluding hydrogens is 175 g/mol. The number of carbonyl (C=O) groups is 1. The summed E-state index contributed by atoms with van der Waals surface area (Å²) in [6, 6.07) is -0.877. The quantitative estimate of drug-likeness (QED) is 0.609. The second-order valence-electron chi connectivity index (χ2n) is 2.30. The summed E-state index contributed by atoms with van der Waals surface area (Å²) in [5.74, 6) is 0. The van der Waals surface area contributed by atoms with Crippen LogP contribution in [0.5, 0.6) is 0 Å². The molecule has 0 aromatic heterocycles. The summed E-state index contributed by atoms with van der Waals surface area (Å²) in [6.07, 6.45) is -4.37. The predicted molar refractivity (Wildman–Crippen MR) is 36.3 cm³/mol. The summed E-state index contributed by atoms with van der Waals surface area (Å²) in [5, 5.41) is 2.88. The lowest BCUT2D eigenvalue weighted by atomic mass is 10.6. The van der Waals surface area contributed by atoms with Crippen molar-refractivity contribution >= 4 is 6.03 Å². The van der Waals surface area contributed by atoms with E-state index >= 15 is 0 Å². The molecule has 7 heteroatoms. The lowest BCUT2D eigenvalue weighted by Crippen LogP contribution is -2.46. The van der Waals surface area contributed by atoms with Crippen LogP contribution in [0, 0.1) is 0 Å². The lowest BCUT2D eigenvalue weighted by Gasteiger charge is -2.13. The Labute approximate surface area is 67.7 Å². The first-order valence-corrected chi connectivity index (χ1v) is 3.10. The van der Waals surface area contributed by atoms with E-state index in [0.29, 0.717) is 0 Å². The molecule has 2 amide bonds. The minimum absolute atomic E-state index is 0.877. The van der Waals surface area contributed by atoms with Crippen molar-refractivity contribution in [3.63, 3.8) is 0 Å². The average molecular weight is 185 g/mol. The van der Waals surface area contributed by atoms with E-state index in [1.807, 2.05) is 0 Å². The molecule has 0 spiro atoms. The van der Waals surface area contributed by atoms with E-state index in [2.05, 4.69) is 5.43 Å². The Bertz CT molecular complexity index is 157. The largest absolute Gasteiger partial charge is 0.405 e. The van der Waals surface area contributed by atoms with E-state index in [0.717, 1.165) is 0 Å². The van der Waals surface area contributed by atoms with Crippen molar-refractivity contribution in [2.24, 2.45) is 0 Å². The molecule has 2 N–H and O–H groups in total. The van der Waals surface area contributed by atoms with Crippen molar-refractivity contribution in [1.29, 1.82) is 0 Å². The van der Waals surface area contributed by atoms with Gasteiger partial charge in [0.1, 0.15) is 6.54 Å². The van der Waals surface area contributed by atoms with E-state index in [-0.39, 0.29) is 0 Å². The Balaban J connectivity index is 3.58. The Morgan fingerprint density at radius 1 is 1.42 bits per heavy atom. The van der Waals surface area contributed by atoms with Crippen LogP contribution in [0.4, 0.5) is 18.0 Å². The third-order valence-corrected chi connectivity index (χ3v) is 0.775. The first-order valence-electron chi connectivity index (χ1n) is 3.10. The molecule has 0 bridgehead atoms. The second kappa shape index (κ2) is 4.15. The van der Waals surface area contributed by atoms with Crippen molar-refractivity contribution in [3.8, 4) is 0 Å². The molecule has 0 heterocycles. The first-order chi connectivity index (χ1) is 5.31. The smallest absolute Gasteiger partial charge is 0.328 e. The number of carbonyl (C=O) groups excluding carboxylic acids is 1. The van der Waals surface area contributed by atoms with Gasteiger partial charge in [0.15, 0.2) is 0 Å². The highest BCUT2D eigenvalue weighted by Gasteiger charge is 2.27. The van der Waals surface area contributed by atoms with Gasteiger partial charge in [-0.1, -0.05) is 0 Å². The normalized spacial score (nSPS) is 11.5. The van der Waals surface area contributed by atoms with Gasteiger partial charge in [-0.2, -0.15) is 13.2 Å². The van der Waals surface area contributed by atoms with E-state index in [1.165, 1.54) is 19.1 Å². The minimum atomic E-state index is -4.37. The van der Waals surface area contributed by atoms with Crippen LogP contribution in [-0.4, -0.2) is 37.9 Å². The fourth-order valence-electron chi connectivity index (χ4n) is 0.423. The molecule has 0 aliphatic rings. The van der Waals surface area contributed by atoms with Crippen LogP contribution in [0.25, 0.3) is 0 Å². The van der Waals surface area contributed by atoms with Gasteiger partial charge < -0.3 is 5.32 Å². The summed E-state index contributed by atoms with van der Waals surface area (Å²) >= 11 is 0. The van der Waals surface area contributed by atoms with Gasteiger partial charge >= 0.3 is 12.2 Å². The van der Waals surface area contributed by atoms with Gasteiger partial charge in [-0.25, -0.2) is 9.80 Å². The number of halogens is 3. The van der Waals surface area contributed by atoms with Crippen LogP contribution >= 0.6 is 0 Å². The first kappa shape index (κ1) is 11.0. The predicted octanol–water partition coefficient (Wildman–Crippen LogP) is 0.325. The molecule has 0 radical (unpaired) electrons. The summed E-state index contributed by atoms with van der Waals surface area (Å²) < 4.78 is 34.5. The van der Waals surface area contributed by atoms with Gasteiger partial charge in [-0.15, -0.1) is 0 Å². The van der Waals surface area contributed by atoms with E-state index in [9.17, 15) is 18.0 Å². The van der Waals surface area contributed by atoms with Crippen molar-refractivity contribution in [3.05, 3.63) is 0 Å². The van der Waals surface area contributed by atoms with Crippen LogP contribution < -0.4 is 10.7 Å². The van der Waals surface area contributed by atoms with Crippen molar-refractivity contribution in [2.45, 2.75) is 6.18 Å². The van der Waals surface area contributed by atoms with Crippen molar-refractivity contribution in [2.75, 3.05) is 20.6 Å². The number of hydrogen-bond donors (Lipinski definition) is 2. The van der Waals surface area contributed by atoms with Crippen LogP contribution in [0.1, 0.15) is 0 Å². The number of amides is 2. The molecule has 72 valence electrons. The maximum Gasteiger partial charge on any atom is 0.405 e. The Morgan fingerprint density at radius 3 is 2.25 bits per heavy atom. The van der Waals surface area contributed by atoms with Gasteiger partial charge in [0.25, 0.3) is 0 Å². The summed E-state index contributed by atoms with van der Waals surface area (Å²) in [5.41, 5.74) is 2.10. The highest BCUT2D eigenvalue weighted by molar-refractivity contribution is 5.73. The topological polar surface area (TPSA) is 44.4 Å². The monoisotopic (exact) mass is 185 g/mol. The zero-order chi connectivity index (χ0) is 9.78. The number of urea groups is 1. The second-order valence-corrected chi connectivity index (χ2v) is 2.30. The molecular formula is C5H10F3N3O. The summed E-state index contributed by atoms with van der Waals surface area (Å²) in [4.78, 5) is 10.5. The maximum absolute atomic E-state index is 11.5. The van der Waals surface area contributed by atoms with Gasteiger partial charge in [0.2, 0.25) is 0 Å². The SMILES string of the molecule is CN(C)NC(=O)NCC(F)(F)F. The molecule has 12 heavy (non-hydrogen) atoms. The maximum atomic E-state index is 11.5. The van der Waals surface area contributed by atoms with Gasteiger partial charge in [0, 0.05) is 14.1 Å². The average Bonchev–Trinajstić information content (AvgIpc) is 1.80. The van der Waals surface area contributed by atoms with E-state index in [1.54, 1.807) is 5.32 Å². The molecule has 0 aliphatic carbocycles. The van der Waals surface area contributed by atoms with Crippen LogP contribution in [0.2, 0.25) is 0 Å². The van der Waals surface area contributed by atoms with Crippen LogP contribution in [-0.2, 0) is 0 Å². The highest BCUT2D eigenvalue weighted by atomic mass is 19.4. The number of rotatable bonds is 2. The lowest BCUT2D eigenvalue weighted by molar-refractivity contribution is -0.122. The number of hydrazine groups is 1. The summed E-state index contributed by atoms with van der Waals surface area (Å²) in [6.45, 7) is -1.33. The number of nitrogens with zero attached hydrogens (tertiary/aromatic N) is 1. The van der Waals surface area contributed by atoms with Crippen LogP contribution in [0.15, 0.2) is 0 Å². The molecule has 4 nitrogen and oxygen atoms in total. The molecule has 0 fully saturated rings. The van der Waals surface area contributed by atoms with Crippen molar-refractivity contribution in [1.82, 2.24) is 15.8 Å². The van der Waals surface area contributed by atoms with E-state index in [4.69, 9.17) is 0 Å². The zero-order valence-corrected chi connectivity index (χ0v) is 6.70. The third-order valence-electron chi connectivity index (χ3n) is 0.775. The highest BCUT2D eigenvalue weighted by Crippen LogP contribution is 2.11. The molecule has 0 rings (SSSR count). The molecule has 0 aromatic carbocycles. The third kappa shape index (κ3) is 7.13. The molecule has 0 aromatic rings. The fraction of sp³-hybridized carbons (Fsp3) is 0.800. The number of hydrogen-bond acceptors (Lipinski definition) is 2. The Kier molecular flexibility index (Phi) is 3.81. The Morgan fingerprint density at radius 2 is 1.92 bits per heavy atom. The number of alkyl halides is 3. The molecule has 0 unspecified atom stereocenters. The van der Waals surface area contributed by atoms with Gasteiger partial charge in [-0.05, 0) is 0 Å². The number of nitrogens with one attached hydrogen (secondary N) is 2. The summed E-state index contributed by atoms with van der Waals surface area (Å²) in [7, 11) is 2.99. The minimum Gasteiger partial charge on any atom is -0.328 e. The van der Waals surface area contributed by atoms with E-state index < -0.39 is 18.8 Å². The van der Waals surface area contributed by atoms with Gasteiger partial charge in [-0.3, -0.25) is 5.43 Å². The molecule has 0 saturated heterocycles. The van der Waals surface area contributed by atoms with Crippen molar-refractivity contribution < 1.29 is 18.0 Å². The zero-order valence-electron chi connectivity index (χ0n) is 6.70. The molecule has 0 atom stereocenters. The molecule has 0 aliphatic heterocycles. The van der Waals surface area contributed by atoms with Crippen LogP contribution in [0.3, 0.4) is 0 Å². The van der Waals surface area contributed by atoms with Gasteiger partial charge in [0.05, 0.1) is 0 Å². The Hall–Kier alpha value is -0.980. The standard InChI is InChI=1S/C5H10F3N3O/c1-11(2)10-4(12)9-3-5(6,7)8/h3H2,1-2H3,(H2,9,10,12). The fourth-order valence-corrected chi connectivity index (χ4v) is 0.423. The molecule has 0 saturated carbocycles.